The molecule has 0 radical (unpaired) electrons. The third kappa shape index (κ3) is 8.33. The van der Waals surface area contributed by atoms with Gasteiger partial charge in [-0.05, 0) is 85.0 Å². The molecule has 12 nitrogen and oxygen atoms in total. The number of nitrogens with zero attached hydrogens (tertiary/aromatic N) is 4. The van der Waals surface area contributed by atoms with Crippen molar-refractivity contribution in [2.45, 2.75) is 38.3 Å². The number of imide groups is 1. The quantitative estimate of drug-likeness (QED) is 0.132. The van der Waals surface area contributed by atoms with Gasteiger partial charge in [-0.3, -0.25) is 29.8 Å². The van der Waals surface area contributed by atoms with Gasteiger partial charge in [0.15, 0.2) is 5.82 Å². The van der Waals surface area contributed by atoms with Crippen LogP contribution in [0.5, 0.6) is 0 Å². The molecule has 0 saturated carbocycles. The number of benzene rings is 4. The average molecular weight is 767 g/mol. The molecule has 4 heterocycles. The first-order valence-corrected chi connectivity index (χ1v) is 18.7. The molecule has 3 saturated heterocycles. The summed E-state index contributed by atoms with van der Waals surface area (Å²) in [5.41, 5.74) is 5.03. The summed E-state index contributed by atoms with van der Waals surface area (Å²) in [6, 6.07) is 19.0. The first-order chi connectivity index (χ1) is 27.1. The Morgan fingerprint density at radius 1 is 0.839 bits per heavy atom. The Labute approximate surface area is 321 Å². The molecule has 5 aromatic rings. The van der Waals surface area contributed by atoms with Crippen molar-refractivity contribution in [2.24, 2.45) is 0 Å². The normalized spacial score (nSPS) is 17.0. The zero-order valence-corrected chi connectivity index (χ0v) is 30.5. The monoisotopic (exact) mass is 766 g/mol. The lowest BCUT2D eigenvalue weighted by Gasteiger charge is -2.36. The van der Waals surface area contributed by atoms with Gasteiger partial charge in [-0.2, -0.15) is 5.10 Å². The van der Waals surface area contributed by atoms with E-state index in [-0.39, 0.29) is 30.8 Å². The maximum absolute atomic E-state index is 15.2. The molecule has 15 heteroatoms. The minimum Gasteiger partial charge on any atom is -0.381 e. The molecule has 4 aromatic carbocycles. The number of halogens is 3. The molecule has 0 atom stereocenters. The fourth-order valence-electron chi connectivity index (χ4n) is 7.55. The molecule has 0 aliphatic carbocycles. The Morgan fingerprint density at radius 3 is 2.36 bits per heavy atom. The van der Waals surface area contributed by atoms with Crippen LogP contribution < -0.4 is 25.8 Å². The summed E-state index contributed by atoms with van der Waals surface area (Å²) < 4.78 is 48.5. The van der Waals surface area contributed by atoms with Gasteiger partial charge < -0.3 is 20.3 Å². The van der Waals surface area contributed by atoms with Crippen LogP contribution in [-0.4, -0.2) is 84.9 Å². The van der Waals surface area contributed by atoms with E-state index in [2.05, 4.69) is 35.9 Å². The Bertz CT molecular complexity index is 2270. The Balaban J connectivity index is 0.951. The van der Waals surface area contributed by atoms with Crippen LogP contribution in [0.15, 0.2) is 72.8 Å². The highest BCUT2D eigenvalue weighted by atomic mass is 19.1. The molecule has 1 aromatic heterocycles. The number of fused-ring (bicyclic) bond motifs is 1. The number of urea groups is 1. The number of carbonyl (C=O) groups is 3. The Hall–Kier alpha value is -5.93. The molecule has 56 heavy (non-hydrogen) atoms. The van der Waals surface area contributed by atoms with E-state index in [1.807, 2.05) is 36.4 Å². The highest BCUT2D eigenvalue weighted by molar-refractivity contribution is 6.11. The second-order valence-corrected chi connectivity index (χ2v) is 14.4. The molecule has 3 aliphatic rings. The minimum absolute atomic E-state index is 0.122. The van der Waals surface area contributed by atoms with Crippen molar-refractivity contribution in [3.63, 3.8) is 0 Å². The number of aromatic nitrogens is 2. The van der Waals surface area contributed by atoms with E-state index in [0.717, 1.165) is 30.2 Å². The predicted molar refractivity (Wildman–Crippen MR) is 207 cm³/mol. The van der Waals surface area contributed by atoms with E-state index in [9.17, 15) is 23.2 Å². The van der Waals surface area contributed by atoms with Crippen LogP contribution >= 0.6 is 0 Å². The van der Waals surface area contributed by atoms with Gasteiger partial charge in [0.25, 0.3) is 5.91 Å². The minimum atomic E-state index is -0.640. The topological polar surface area (TPSA) is 135 Å². The van der Waals surface area contributed by atoms with Crippen LogP contribution in [0.4, 0.5) is 40.8 Å². The number of hydrogen-bond donors (Lipinski definition) is 4. The van der Waals surface area contributed by atoms with Crippen LogP contribution in [-0.2, 0) is 22.5 Å². The van der Waals surface area contributed by atoms with Gasteiger partial charge in [-0.1, -0.05) is 12.1 Å². The van der Waals surface area contributed by atoms with Crippen molar-refractivity contribution in [3.8, 4) is 0 Å². The summed E-state index contributed by atoms with van der Waals surface area (Å²) in [5, 5.41) is 16.8. The van der Waals surface area contributed by atoms with Crippen LogP contribution in [0.3, 0.4) is 0 Å². The molecule has 4 N–H and O–H groups in total. The molecular formula is C41H41F3N8O4. The summed E-state index contributed by atoms with van der Waals surface area (Å²) >= 11 is 0. The molecule has 3 fully saturated rings. The van der Waals surface area contributed by atoms with Gasteiger partial charge in [-0.15, -0.1) is 0 Å². The van der Waals surface area contributed by atoms with Crippen LogP contribution in [0.2, 0.25) is 0 Å². The van der Waals surface area contributed by atoms with Gasteiger partial charge in [-0.25, -0.2) is 18.0 Å². The first-order valence-electron chi connectivity index (χ1n) is 18.7. The number of hydrogen-bond acceptors (Lipinski definition) is 8. The molecule has 0 bridgehead atoms. The highest BCUT2D eigenvalue weighted by Crippen LogP contribution is 2.30. The number of aromatic amines is 1. The summed E-state index contributed by atoms with van der Waals surface area (Å²) in [5.74, 6) is -2.03. The molecule has 3 aliphatic heterocycles. The van der Waals surface area contributed by atoms with Gasteiger partial charge in [0.05, 0.1) is 11.1 Å². The predicted octanol–water partition coefficient (Wildman–Crippen LogP) is 6.18. The van der Waals surface area contributed by atoms with Crippen molar-refractivity contribution in [1.29, 1.82) is 0 Å². The maximum Gasteiger partial charge on any atom is 0.328 e. The van der Waals surface area contributed by atoms with E-state index in [4.69, 9.17) is 4.74 Å². The number of amides is 4. The third-order valence-electron chi connectivity index (χ3n) is 10.6. The van der Waals surface area contributed by atoms with E-state index >= 15 is 4.39 Å². The number of nitrogens with one attached hydrogen (secondary N) is 4. The van der Waals surface area contributed by atoms with Gasteiger partial charge in [0.2, 0.25) is 5.91 Å². The van der Waals surface area contributed by atoms with Crippen molar-refractivity contribution in [3.05, 3.63) is 113 Å². The van der Waals surface area contributed by atoms with Gasteiger partial charge in [0.1, 0.15) is 17.5 Å². The smallest absolute Gasteiger partial charge is 0.328 e. The van der Waals surface area contributed by atoms with E-state index in [1.165, 1.54) is 23.1 Å². The molecule has 0 unspecified atom stereocenters. The SMILES string of the molecule is O=C1CCN(c2ccc(CN3CCN(c4ccc(C(=O)Nc5n[nH]c6ccc(Cc7cc(F)cc(F)c7)cc56)c(NC5CCOCC5)c4)CC3)c(F)c2)C(=O)N1. The standard InChI is InChI=1S/C41H41F3N8O4/c42-28-18-26(19-29(43)21-28)17-25-1-6-36-34(20-25)39(49-48-36)47-40(54)33-5-4-31(23-37(33)45-30-8-15-56-16-9-30)51-13-11-50(12-14-51)24-27-2-3-32(22-35(27)44)52-10-7-38(53)46-41(52)55/h1-6,18-23,30,45H,7-17,24H2,(H,46,53,55)(H2,47,48,49,54). The second kappa shape index (κ2) is 16.0. The van der Waals surface area contributed by atoms with Crippen molar-refractivity contribution in [1.82, 2.24) is 20.4 Å². The van der Waals surface area contributed by atoms with Gasteiger partial charge >= 0.3 is 6.03 Å². The fourth-order valence-corrected chi connectivity index (χ4v) is 7.55. The molecule has 8 rings (SSSR count). The largest absolute Gasteiger partial charge is 0.381 e. The van der Waals surface area contributed by atoms with E-state index < -0.39 is 23.5 Å². The van der Waals surface area contributed by atoms with E-state index in [0.29, 0.717) is 97.1 Å². The molecule has 4 amide bonds. The summed E-state index contributed by atoms with van der Waals surface area (Å²) in [6.45, 7) is 4.62. The number of H-pyrrole nitrogens is 1. The van der Waals surface area contributed by atoms with Gasteiger partial charge in [0, 0.05) is 99.0 Å². The number of carbonyl (C=O) groups excluding carboxylic acids is 3. The third-order valence-corrected chi connectivity index (χ3v) is 10.6. The Morgan fingerprint density at radius 2 is 1.61 bits per heavy atom. The Kier molecular flexibility index (Phi) is 10.6. The molecule has 290 valence electrons. The number of rotatable bonds is 10. The van der Waals surface area contributed by atoms with Crippen LogP contribution in [0.25, 0.3) is 10.9 Å². The van der Waals surface area contributed by atoms with E-state index in [1.54, 1.807) is 12.1 Å². The van der Waals surface area contributed by atoms with Crippen molar-refractivity contribution < 1.29 is 32.3 Å². The second-order valence-electron chi connectivity index (χ2n) is 14.4. The van der Waals surface area contributed by atoms with Crippen molar-refractivity contribution in [2.75, 3.05) is 66.4 Å². The van der Waals surface area contributed by atoms with Crippen LogP contribution in [0, 0.1) is 17.5 Å². The fraction of sp³-hybridized carbons (Fsp3) is 0.317. The molecular weight excluding hydrogens is 725 g/mol. The number of piperazine rings is 1. The highest BCUT2D eigenvalue weighted by Gasteiger charge is 2.26. The zero-order chi connectivity index (χ0) is 38.8. The lowest BCUT2D eigenvalue weighted by atomic mass is 10.0. The number of ether oxygens (including phenoxy) is 1. The first kappa shape index (κ1) is 37.0. The van der Waals surface area contributed by atoms with Crippen LogP contribution in [0.1, 0.15) is 46.3 Å². The lowest BCUT2D eigenvalue weighted by molar-refractivity contribution is -0.120. The average Bonchev–Trinajstić information content (AvgIpc) is 3.57. The molecule has 0 spiro atoms. The summed E-state index contributed by atoms with van der Waals surface area (Å²) in [6.07, 6.45) is 2.06. The maximum atomic E-state index is 15.2. The number of anilines is 4. The summed E-state index contributed by atoms with van der Waals surface area (Å²) in [7, 11) is 0. The summed E-state index contributed by atoms with van der Waals surface area (Å²) in [4.78, 5) is 43.5. The zero-order valence-electron chi connectivity index (χ0n) is 30.5. The van der Waals surface area contributed by atoms with Crippen molar-refractivity contribution >= 4 is 51.6 Å². The lowest BCUT2D eigenvalue weighted by Crippen LogP contribution is -2.49.